The van der Waals surface area contributed by atoms with Gasteiger partial charge >= 0.3 is 0 Å². The molecule has 1 amide bonds. The number of anilines is 1. The number of benzene rings is 1. The number of nitrogens with zero attached hydrogens (tertiary/aromatic N) is 1. The number of amides is 1. The largest absolute Gasteiger partial charge is 0.307 e. The molecule has 0 saturated heterocycles. The fraction of sp³-hybridized carbons (Fsp3) is 0.143. The van der Waals surface area contributed by atoms with Crippen LogP contribution in [0.15, 0.2) is 36.4 Å². The van der Waals surface area contributed by atoms with Crippen molar-refractivity contribution in [1.29, 1.82) is 0 Å². The van der Waals surface area contributed by atoms with Gasteiger partial charge in [0.15, 0.2) is 0 Å². The molecule has 92 valence electrons. The van der Waals surface area contributed by atoms with Crippen LogP contribution in [0.25, 0.3) is 0 Å². The number of halogens is 1. The third-order valence-corrected chi connectivity index (χ3v) is 2.56. The van der Waals surface area contributed by atoms with Gasteiger partial charge in [-0.3, -0.25) is 4.79 Å². The van der Waals surface area contributed by atoms with E-state index in [1.165, 1.54) is 18.2 Å². The number of carbonyl (C=O) groups excluding carboxylic acids is 1. The molecule has 0 saturated carbocycles. The number of aryl methyl sites for hydroxylation is 2. The summed E-state index contributed by atoms with van der Waals surface area (Å²) in [5, 5.41) is 2.69. The molecular weight excluding hydrogens is 231 g/mol. The van der Waals surface area contributed by atoms with Gasteiger partial charge in [0.05, 0.1) is 0 Å². The van der Waals surface area contributed by atoms with E-state index in [2.05, 4.69) is 10.3 Å². The first-order valence-electron chi connectivity index (χ1n) is 5.57. The quantitative estimate of drug-likeness (QED) is 0.882. The summed E-state index contributed by atoms with van der Waals surface area (Å²) in [6, 6.07) is 9.44. The highest BCUT2D eigenvalue weighted by molar-refractivity contribution is 6.04. The van der Waals surface area contributed by atoms with Gasteiger partial charge in [0.2, 0.25) is 0 Å². The number of aromatic nitrogens is 1. The van der Waals surface area contributed by atoms with E-state index in [0.717, 1.165) is 5.69 Å². The summed E-state index contributed by atoms with van der Waals surface area (Å²) < 4.78 is 12.9. The molecule has 1 N–H and O–H groups in total. The SMILES string of the molecule is Cc1cccc(NC(=O)c2ccc(F)cc2C)n1. The predicted molar refractivity (Wildman–Crippen MR) is 68.1 cm³/mol. The Hall–Kier alpha value is -2.23. The van der Waals surface area contributed by atoms with Gasteiger partial charge in [0.25, 0.3) is 5.91 Å². The van der Waals surface area contributed by atoms with Crippen LogP contribution in [0.3, 0.4) is 0 Å². The Balaban J connectivity index is 2.22. The normalized spacial score (nSPS) is 10.2. The summed E-state index contributed by atoms with van der Waals surface area (Å²) in [6.45, 7) is 3.54. The van der Waals surface area contributed by atoms with Crippen LogP contribution in [0.2, 0.25) is 0 Å². The Morgan fingerprint density at radius 1 is 1.22 bits per heavy atom. The first kappa shape index (κ1) is 12.2. The molecule has 18 heavy (non-hydrogen) atoms. The topological polar surface area (TPSA) is 42.0 Å². The molecule has 0 radical (unpaired) electrons. The van der Waals surface area contributed by atoms with E-state index >= 15 is 0 Å². The van der Waals surface area contributed by atoms with Crippen LogP contribution in [-0.2, 0) is 0 Å². The maximum atomic E-state index is 12.9. The number of nitrogens with one attached hydrogen (secondary N) is 1. The summed E-state index contributed by atoms with van der Waals surface area (Å²) in [5.74, 6) is -0.146. The minimum atomic E-state index is -0.349. The molecular formula is C14H13FN2O. The molecule has 0 spiro atoms. The molecule has 2 rings (SSSR count). The van der Waals surface area contributed by atoms with Gasteiger partial charge in [-0.2, -0.15) is 0 Å². The summed E-state index contributed by atoms with van der Waals surface area (Å²) in [5.41, 5.74) is 1.86. The second-order valence-electron chi connectivity index (χ2n) is 4.08. The van der Waals surface area contributed by atoms with E-state index in [-0.39, 0.29) is 11.7 Å². The van der Waals surface area contributed by atoms with Gasteiger partial charge < -0.3 is 5.32 Å². The highest BCUT2D eigenvalue weighted by atomic mass is 19.1. The lowest BCUT2D eigenvalue weighted by Gasteiger charge is -2.07. The van der Waals surface area contributed by atoms with Crippen LogP contribution in [0, 0.1) is 19.7 Å². The maximum Gasteiger partial charge on any atom is 0.257 e. The van der Waals surface area contributed by atoms with E-state index in [1.807, 2.05) is 19.1 Å². The lowest BCUT2D eigenvalue weighted by Crippen LogP contribution is -2.14. The van der Waals surface area contributed by atoms with Crippen LogP contribution in [0.4, 0.5) is 10.2 Å². The molecule has 1 aromatic carbocycles. The van der Waals surface area contributed by atoms with E-state index in [4.69, 9.17) is 0 Å². The fourth-order valence-corrected chi connectivity index (χ4v) is 1.68. The molecule has 0 atom stereocenters. The minimum absolute atomic E-state index is 0.286. The zero-order valence-electron chi connectivity index (χ0n) is 10.2. The van der Waals surface area contributed by atoms with Crippen LogP contribution in [0.5, 0.6) is 0 Å². The van der Waals surface area contributed by atoms with Crippen molar-refractivity contribution in [3.63, 3.8) is 0 Å². The third kappa shape index (κ3) is 2.71. The molecule has 3 nitrogen and oxygen atoms in total. The van der Waals surface area contributed by atoms with Crippen molar-refractivity contribution in [3.05, 3.63) is 59.0 Å². The highest BCUT2D eigenvalue weighted by Gasteiger charge is 2.10. The Morgan fingerprint density at radius 2 is 2.00 bits per heavy atom. The van der Waals surface area contributed by atoms with Gasteiger partial charge in [-0.25, -0.2) is 9.37 Å². The second kappa shape index (κ2) is 4.96. The molecule has 0 unspecified atom stereocenters. The zero-order valence-corrected chi connectivity index (χ0v) is 10.2. The fourth-order valence-electron chi connectivity index (χ4n) is 1.68. The Morgan fingerprint density at radius 3 is 2.67 bits per heavy atom. The standard InChI is InChI=1S/C14H13FN2O/c1-9-8-11(15)6-7-12(9)14(18)17-13-5-3-4-10(2)16-13/h3-8H,1-2H3,(H,16,17,18). The van der Waals surface area contributed by atoms with Crippen LogP contribution in [0.1, 0.15) is 21.6 Å². The first-order chi connectivity index (χ1) is 8.56. The van der Waals surface area contributed by atoms with Gasteiger partial charge in [0, 0.05) is 11.3 Å². The monoisotopic (exact) mass is 244 g/mol. The van der Waals surface area contributed by atoms with Crippen molar-refractivity contribution >= 4 is 11.7 Å². The average molecular weight is 244 g/mol. The molecule has 4 heteroatoms. The van der Waals surface area contributed by atoms with Crippen molar-refractivity contribution in [2.75, 3.05) is 5.32 Å². The third-order valence-electron chi connectivity index (χ3n) is 2.56. The highest BCUT2D eigenvalue weighted by Crippen LogP contribution is 2.12. The number of carbonyl (C=O) groups is 1. The van der Waals surface area contributed by atoms with Gasteiger partial charge in [-0.15, -0.1) is 0 Å². The van der Waals surface area contributed by atoms with Crippen LogP contribution >= 0.6 is 0 Å². The number of hydrogen-bond acceptors (Lipinski definition) is 2. The Labute approximate surface area is 105 Å². The molecule has 0 fully saturated rings. The number of pyridine rings is 1. The van der Waals surface area contributed by atoms with Gasteiger partial charge in [-0.1, -0.05) is 6.07 Å². The molecule has 2 aromatic rings. The summed E-state index contributed by atoms with van der Waals surface area (Å²) >= 11 is 0. The van der Waals surface area contributed by atoms with Crippen molar-refractivity contribution in [3.8, 4) is 0 Å². The smallest absolute Gasteiger partial charge is 0.257 e. The zero-order chi connectivity index (χ0) is 13.1. The average Bonchev–Trinajstić information content (AvgIpc) is 2.28. The molecule has 0 aliphatic carbocycles. The summed E-state index contributed by atoms with van der Waals surface area (Å²) in [7, 11) is 0. The maximum absolute atomic E-state index is 12.9. The van der Waals surface area contributed by atoms with Crippen molar-refractivity contribution in [1.82, 2.24) is 4.98 Å². The molecule has 0 aliphatic rings. The lowest BCUT2D eigenvalue weighted by atomic mass is 10.1. The lowest BCUT2D eigenvalue weighted by molar-refractivity contribution is 0.102. The summed E-state index contributed by atoms with van der Waals surface area (Å²) in [6.07, 6.45) is 0. The molecule has 0 bridgehead atoms. The second-order valence-corrected chi connectivity index (χ2v) is 4.08. The summed E-state index contributed by atoms with van der Waals surface area (Å²) in [4.78, 5) is 16.2. The number of rotatable bonds is 2. The van der Waals surface area contributed by atoms with E-state index in [0.29, 0.717) is 16.9 Å². The van der Waals surface area contributed by atoms with Crippen LogP contribution < -0.4 is 5.32 Å². The van der Waals surface area contributed by atoms with E-state index in [9.17, 15) is 9.18 Å². The Bertz CT molecular complexity index is 596. The first-order valence-corrected chi connectivity index (χ1v) is 5.57. The van der Waals surface area contributed by atoms with Crippen LogP contribution in [-0.4, -0.2) is 10.9 Å². The molecule has 0 aliphatic heterocycles. The minimum Gasteiger partial charge on any atom is -0.307 e. The van der Waals surface area contributed by atoms with Crippen molar-refractivity contribution in [2.45, 2.75) is 13.8 Å². The van der Waals surface area contributed by atoms with Gasteiger partial charge in [-0.05, 0) is 49.7 Å². The predicted octanol–water partition coefficient (Wildman–Crippen LogP) is 3.09. The van der Waals surface area contributed by atoms with E-state index in [1.54, 1.807) is 13.0 Å². The molecule has 1 aromatic heterocycles. The Kier molecular flexibility index (Phi) is 3.37. The van der Waals surface area contributed by atoms with Crippen molar-refractivity contribution in [2.24, 2.45) is 0 Å². The van der Waals surface area contributed by atoms with Gasteiger partial charge in [0.1, 0.15) is 11.6 Å². The van der Waals surface area contributed by atoms with E-state index < -0.39 is 0 Å². The molecule has 1 heterocycles. The number of hydrogen-bond donors (Lipinski definition) is 1. The van der Waals surface area contributed by atoms with Crippen molar-refractivity contribution < 1.29 is 9.18 Å².